The van der Waals surface area contributed by atoms with Crippen molar-refractivity contribution < 1.29 is 14.2 Å². The van der Waals surface area contributed by atoms with Gasteiger partial charge in [-0.3, -0.25) is 0 Å². The maximum atomic E-state index is 5.52. The van der Waals surface area contributed by atoms with Gasteiger partial charge in [0.2, 0.25) is 0 Å². The van der Waals surface area contributed by atoms with Gasteiger partial charge in [-0.05, 0) is 12.8 Å². The maximum absolute atomic E-state index is 5.52. The summed E-state index contributed by atoms with van der Waals surface area (Å²) in [5.74, 6) is 0.964. The van der Waals surface area contributed by atoms with Gasteiger partial charge in [0.05, 0.1) is 12.5 Å². The molecule has 3 nitrogen and oxygen atoms in total. The van der Waals surface area contributed by atoms with Crippen molar-refractivity contribution in [1.29, 1.82) is 0 Å². The van der Waals surface area contributed by atoms with Crippen LogP contribution in [0.3, 0.4) is 0 Å². The Labute approximate surface area is 90.7 Å². The van der Waals surface area contributed by atoms with E-state index in [9.17, 15) is 0 Å². The molecule has 5 unspecified atom stereocenters. The third kappa shape index (κ3) is 1.65. The van der Waals surface area contributed by atoms with E-state index in [1.807, 2.05) is 0 Å². The molecule has 2 rings (SSSR count). The second-order valence-electron chi connectivity index (χ2n) is 4.20. The van der Waals surface area contributed by atoms with Crippen LogP contribution in [0, 0.1) is 11.8 Å². The second kappa shape index (κ2) is 4.27. The Kier molecular flexibility index (Phi) is 3.00. The average molecular weight is 210 g/mol. The van der Waals surface area contributed by atoms with E-state index in [2.05, 4.69) is 13.2 Å². The van der Waals surface area contributed by atoms with Crippen LogP contribution in [-0.2, 0) is 14.2 Å². The number of ether oxygens (including phenoxy) is 3. The summed E-state index contributed by atoms with van der Waals surface area (Å²) in [6.45, 7) is 7.21. The molecule has 0 aromatic carbocycles. The van der Waals surface area contributed by atoms with E-state index in [0.717, 1.165) is 12.8 Å². The van der Waals surface area contributed by atoms with Crippen LogP contribution < -0.4 is 0 Å². The molecule has 2 bridgehead atoms. The van der Waals surface area contributed by atoms with E-state index < -0.39 is 0 Å². The van der Waals surface area contributed by atoms with Crippen molar-refractivity contribution in [2.45, 2.75) is 31.2 Å². The topological polar surface area (TPSA) is 27.7 Å². The van der Waals surface area contributed by atoms with E-state index in [0.29, 0.717) is 11.8 Å². The zero-order valence-electron chi connectivity index (χ0n) is 9.09. The van der Waals surface area contributed by atoms with Gasteiger partial charge in [-0.2, -0.15) is 0 Å². The van der Waals surface area contributed by atoms with Crippen molar-refractivity contribution in [3.05, 3.63) is 25.7 Å². The molecule has 0 aromatic rings. The van der Waals surface area contributed by atoms with Crippen LogP contribution in [0.15, 0.2) is 25.7 Å². The van der Waals surface area contributed by atoms with Gasteiger partial charge in [0, 0.05) is 18.9 Å². The first-order chi connectivity index (χ1) is 7.31. The van der Waals surface area contributed by atoms with Crippen molar-refractivity contribution in [2.24, 2.45) is 11.8 Å². The third-order valence-corrected chi connectivity index (χ3v) is 3.59. The summed E-state index contributed by atoms with van der Waals surface area (Å²) >= 11 is 0. The normalized spacial score (nSPS) is 42.6. The minimum Gasteiger partial charge on any atom is -0.498 e. The Morgan fingerprint density at radius 2 is 1.80 bits per heavy atom. The van der Waals surface area contributed by atoms with E-state index in [4.69, 9.17) is 14.2 Å². The number of fused-ring (bicyclic) bond motifs is 2. The summed E-state index contributed by atoms with van der Waals surface area (Å²) in [6, 6.07) is 0. The average Bonchev–Trinajstić information content (AvgIpc) is 2.76. The van der Waals surface area contributed by atoms with Gasteiger partial charge in [-0.25, -0.2) is 0 Å². The molecule has 2 aliphatic rings. The summed E-state index contributed by atoms with van der Waals surface area (Å²) < 4.78 is 16.5. The molecule has 2 fully saturated rings. The lowest BCUT2D eigenvalue weighted by molar-refractivity contribution is -0.0856. The van der Waals surface area contributed by atoms with Gasteiger partial charge >= 0.3 is 0 Å². The molecule has 3 heteroatoms. The number of hydrogen-bond acceptors (Lipinski definition) is 3. The molecule has 2 aliphatic carbocycles. The molecule has 2 saturated carbocycles. The highest BCUT2D eigenvalue weighted by Crippen LogP contribution is 2.48. The Balaban J connectivity index is 2.05. The summed E-state index contributed by atoms with van der Waals surface area (Å²) in [5.41, 5.74) is 0. The lowest BCUT2D eigenvalue weighted by atomic mass is 9.92. The zero-order valence-corrected chi connectivity index (χ0v) is 9.09. The van der Waals surface area contributed by atoms with Gasteiger partial charge in [-0.15, -0.1) is 0 Å². The molecule has 0 amide bonds. The SMILES string of the molecule is C=COC1CC2CC1C(OC)C2OC=C. The number of methoxy groups -OCH3 is 1. The molecule has 0 radical (unpaired) electrons. The first-order valence-corrected chi connectivity index (χ1v) is 5.37. The van der Waals surface area contributed by atoms with Crippen LogP contribution in [-0.4, -0.2) is 25.4 Å². The number of hydrogen-bond donors (Lipinski definition) is 0. The van der Waals surface area contributed by atoms with Crippen LogP contribution in [0.5, 0.6) is 0 Å². The van der Waals surface area contributed by atoms with Crippen LogP contribution in [0.2, 0.25) is 0 Å². The van der Waals surface area contributed by atoms with Crippen molar-refractivity contribution in [3.63, 3.8) is 0 Å². The van der Waals surface area contributed by atoms with Crippen LogP contribution in [0.1, 0.15) is 12.8 Å². The van der Waals surface area contributed by atoms with Crippen LogP contribution >= 0.6 is 0 Å². The monoisotopic (exact) mass is 210 g/mol. The molecule has 0 N–H and O–H groups in total. The molecule has 5 atom stereocenters. The molecule has 84 valence electrons. The smallest absolute Gasteiger partial charge is 0.127 e. The lowest BCUT2D eigenvalue weighted by Crippen LogP contribution is -2.41. The van der Waals surface area contributed by atoms with E-state index in [1.54, 1.807) is 7.11 Å². The lowest BCUT2D eigenvalue weighted by Gasteiger charge is -2.33. The minimum absolute atomic E-state index is 0.131. The van der Waals surface area contributed by atoms with Gasteiger partial charge in [0.1, 0.15) is 18.3 Å². The zero-order chi connectivity index (χ0) is 10.8. The van der Waals surface area contributed by atoms with Crippen molar-refractivity contribution in [2.75, 3.05) is 7.11 Å². The highest BCUT2D eigenvalue weighted by atomic mass is 16.5. The molecule has 0 heterocycles. The van der Waals surface area contributed by atoms with Crippen molar-refractivity contribution in [3.8, 4) is 0 Å². The largest absolute Gasteiger partial charge is 0.498 e. The standard InChI is InChI=1S/C12H18O3/c1-4-14-10-7-8-6-9(10)12(13-3)11(8)15-5-2/h4-5,8-12H,1-2,6-7H2,3H3. The summed E-state index contributed by atoms with van der Waals surface area (Å²) in [6.07, 6.45) is 5.74. The second-order valence-corrected chi connectivity index (χ2v) is 4.20. The fraction of sp³-hybridized carbons (Fsp3) is 0.667. The Bertz CT molecular complexity index is 251. The van der Waals surface area contributed by atoms with Crippen molar-refractivity contribution >= 4 is 0 Å². The first-order valence-electron chi connectivity index (χ1n) is 5.37. The Morgan fingerprint density at radius 1 is 1.07 bits per heavy atom. The van der Waals surface area contributed by atoms with Crippen LogP contribution in [0.4, 0.5) is 0 Å². The number of rotatable bonds is 5. The predicted octanol–water partition coefficient (Wildman–Crippen LogP) is 2.10. The van der Waals surface area contributed by atoms with Gasteiger partial charge < -0.3 is 14.2 Å². The van der Waals surface area contributed by atoms with E-state index in [1.165, 1.54) is 12.5 Å². The summed E-state index contributed by atoms with van der Waals surface area (Å²) in [5, 5.41) is 0. The first kappa shape index (κ1) is 10.6. The summed E-state index contributed by atoms with van der Waals surface area (Å²) in [7, 11) is 1.73. The minimum atomic E-state index is 0.131. The molecule has 15 heavy (non-hydrogen) atoms. The fourth-order valence-electron chi connectivity index (χ4n) is 3.09. The van der Waals surface area contributed by atoms with Gasteiger partial charge in [0.25, 0.3) is 0 Å². The fourth-order valence-corrected chi connectivity index (χ4v) is 3.09. The quantitative estimate of drug-likeness (QED) is 0.650. The Hall–Kier alpha value is -0.960. The van der Waals surface area contributed by atoms with E-state index >= 15 is 0 Å². The third-order valence-electron chi connectivity index (χ3n) is 3.59. The van der Waals surface area contributed by atoms with Gasteiger partial charge in [-0.1, -0.05) is 13.2 Å². The molecular weight excluding hydrogens is 192 g/mol. The molecule has 0 aromatic heterocycles. The van der Waals surface area contributed by atoms with E-state index in [-0.39, 0.29) is 18.3 Å². The van der Waals surface area contributed by atoms with Crippen LogP contribution in [0.25, 0.3) is 0 Å². The maximum Gasteiger partial charge on any atom is 0.127 e. The highest BCUT2D eigenvalue weighted by molar-refractivity contribution is 5.04. The Morgan fingerprint density at radius 3 is 2.40 bits per heavy atom. The summed E-state index contributed by atoms with van der Waals surface area (Å²) in [4.78, 5) is 0. The molecule has 0 saturated heterocycles. The molecule has 0 aliphatic heterocycles. The molecular formula is C12H18O3. The highest BCUT2D eigenvalue weighted by Gasteiger charge is 2.55. The predicted molar refractivity (Wildman–Crippen MR) is 57.2 cm³/mol. The molecule has 0 spiro atoms. The van der Waals surface area contributed by atoms with Gasteiger partial charge in [0.15, 0.2) is 0 Å². The van der Waals surface area contributed by atoms with Crippen molar-refractivity contribution in [1.82, 2.24) is 0 Å².